The Labute approximate surface area is 110 Å². The Kier molecular flexibility index (Phi) is 3.91. The number of hydrogen-bond acceptors (Lipinski definition) is 3. The van der Waals surface area contributed by atoms with Gasteiger partial charge in [-0.05, 0) is 43.7 Å². The van der Waals surface area contributed by atoms with Crippen molar-refractivity contribution < 1.29 is 5.11 Å². The summed E-state index contributed by atoms with van der Waals surface area (Å²) in [5.74, 6) is 0. The lowest BCUT2D eigenvalue weighted by Crippen LogP contribution is -2.25. The van der Waals surface area contributed by atoms with Crippen molar-refractivity contribution in [2.45, 2.75) is 46.1 Å². The molecule has 0 saturated carbocycles. The molecule has 1 aromatic heterocycles. The molecule has 2 rings (SSSR count). The minimum Gasteiger partial charge on any atom is -0.387 e. The molecule has 0 aromatic carbocycles. The van der Waals surface area contributed by atoms with Crippen molar-refractivity contribution in [3.63, 3.8) is 0 Å². The van der Waals surface area contributed by atoms with Crippen LogP contribution in [0.4, 0.5) is 5.69 Å². The van der Waals surface area contributed by atoms with Gasteiger partial charge in [0.15, 0.2) is 0 Å². The van der Waals surface area contributed by atoms with E-state index in [1.165, 1.54) is 24.9 Å². The Hall–Kier alpha value is -1.09. The molecule has 1 aliphatic heterocycles. The molecule has 3 nitrogen and oxygen atoms in total. The minimum absolute atomic E-state index is 0.460. The van der Waals surface area contributed by atoms with Crippen LogP contribution in [0.3, 0.4) is 0 Å². The standard InChI is InChI=1S/C15H24N2O/c1-12(18)14-6-5-13(11-16-14)17-9-4-7-15(2,3)8-10-17/h5-6,11-12,18H,4,7-10H2,1-3H3/t12-/m1/s1. The van der Waals surface area contributed by atoms with Gasteiger partial charge in [0.05, 0.1) is 23.7 Å². The fourth-order valence-corrected chi connectivity index (χ4v) is 2.51. The van der Waals surface area contributed by atoms with E-state index in [0.717, 1.165) is 18.8 Å². The highest BCUT2D eigenvalue weighted by molar-refractivity contribution is 5.44. The molecule has 0 aliphatic carbocycles. The summed E-state index contributed by atoms with van der Waals surface area (Å²) >= 11 is 0. The second-order valence-electron chi connectivity index (χ2n) is 6.12. The fraction of sp³-hybridized carbons (Fsp3) is 0.667. The van der Waals surface area contributed by atoms with E-state index < -0.39 is 6.10 Å². The Morgan fingerprint density at radius 2 is 2.06 bits per heavy atom. The van der Waals surface area contributed by atoms with Gasteiger partial charge in [-0.3, -0.25) is 4.98 Å². The molecule has 1 aromatic rings. The zero-order valence-corrected chi connectivity index (χ0v) is 11.7. The lowest BCUT2D eigenvalue weighted by Gasteiger charge is -2.24. The molecule has 0 radical (unpaired) electrons. The molecular weight excluding hydrogens is 224 g/mol. The van der Waals surface area contributed by atoms with Crippen LogP contribution < -0.4 is 4.90 Å². The fourth-order valence-electron chi connectivity index (χ4n) is 2.51. The molecule has 1 atom stereocenters. The molecule has 0 spiro atoms. The van der Waals surface area contributed by atoms with E-state index in [1.54, 1.807) is 6.92 Å². The quantitative estimate of drug-likeness (QED) is 0.873. The number of aliphatic hydroxyl groups is 1. The van der Waals surface area contributed by atoms with Gasteiger partial charge in [0.2, 0.25) is 0 Å². The summed E-state index contributed by atoms with van der Waals surface area (Å²) in [5, 5.41) is 9.46. The highest BCUT2D eigenvalue weighted by Gasteiger charge is 2.23. The van der Waals surface area contributed by atoms with Crippen molar-refractivity contribution in [1.29, 1.82) is 0 Å². The summed E-state index contributed by atoms with van der Waals surface area (Å²) in [5.41, 5.74) is 2.38. The molecule has 18 heavy (non-hydrogen) atoms. The van der Waals surface area contributed by atoms with Crippen LogP contribution >= 0.6 is 0 Å². The van der Waals surface area contributed by atoms with Gasteiger partial charge in [-0.15, -0.1) is 0 Å². The van der Waals surface area contributed by atoms with Gasteiger partial charge in [0.1, 0.15) is 0 Å². The number of pyridine rings is 1. The maximum atomic E-state index is 9.46. The maximum absolute atomic E-state index is 9.46. The maximum Gasteiger partial charge on any atom is 0.0931 e. The smallest absolute Gasteiger partial charge is 0.0931 e. The average molecular weight is 248 g/mol. The SMILES string of the molecule is C[C@@H](O)c1ccc(N2CCCC(C)(C)CC2)cn1. The number of aliphatic hydroxyl groups excluding tert-OH is 1. The van der Waals surface area contributed by atoms with Crippen molar-refractivity contribution in [2.24, 2.45) is 5.41 Å². The largest absolute Gasteiger partial charge is 0.387 e. The molecule has 2 heterocycles. The topological polar surface area (TPSA) is 36.4 Å². The summed E-state index contributed by atoms with van der Waals surface area (Å²) in [7, 11) is 0. The van der Waals surface area contributed by atoms with Crippen molar-refractivity contribution in [3.05, 3.63) is 24.0 Å². The first-order valence-electron chi connectivity index (χ1n) is 6.87. The third kappa shape index (κ3) is 3.22. The lowest BCUT2D eigenvalue weighted by molar-refractivity contribution is 0.194. The first-order chi connectivity index (χ1) is 8.48. The molecule has 1 fully saturated rings. The van der Waals surface area contributed by atoms with Crippen LogP contribution in [0.1, 0.15) is 51.8 Å². The Morgan fingerprint density at radius 3 is 2.67 bits per heavy atom. The molecule has 100 valence electrons. The first-order valence-corrected chi connectivity index (χ1v) is 6.87. The molecule has 3 heteroatoms. The summed E-state index contributed by atoms with van der Waals surface area (Å²) < 4.78 is 0. The minimum atomic E-state index is -0.484. The van der Waals surface area contributed by atoms with Crippen LogP contribution in [-0.2, 0) is 0 Å². The first kappa shape index (κ1) is 13.3. The number of anilines is 1. The van der Waals surface area contributed by atoms with E-state index in [9.17, 15) is 5.11 Å². The zero-order chi connectivity index (χ0) is 13.2. The third-order valence-electron chi connectivity index (χ3n) is 3.90. The normalized spacial score (nSPS) is 21.4. The van der Waals surface area contributed by atoms with Crippen LogP contribution in [-0.4, -0.2) is 23.2 Å². The van der Waals surface area contributed by atoms with Crippen LogP contribution in [0.5, 0.6) is 0 Å². The van der Waals surface area contributed by atoms with Crippen LogP contribution in [0, 0.1) is 5.41 Å². The lowest BCUT2D eigenvalue weighted by atomic mass is 9.85. The van der Waals surface area contributed by atoms with E-state index in [4.69, 9.17) is 0 Å². The number of nitrogens with zero attached hydrogens (tertiary/aromatic N) is 2. The Balaban J connectivity index is 2.07. The van der Waals surface area contributed by atoms with Crippen LogP contribution in [0.2, 0.25) is 0 Å². The summed E-state index contributed by atoms with van der Waals surface area (Å²) in [6.07, 6.45) is 5.17. The molecular formula is C15H24N2O. The molecule has 1 N–H and O–H groups in total. The highest BCUT2D eigenvalue weighted by atomic mass is 16.3. The van der Waals surface area contributed by atoms with Gasteiger partial charge in [0.25, 0.3) is 0 Å². The second-order valence-corrected chi connectivity index (χ2v) is 6.12. The summed E-state index contributed by atoms with van der Waals surface area (Å²) in [6.45, 7) is 8.66. The third-order valence-corrected chi connectivity index (χ3v) is 3.90. The van der Waals surface area contributed by atoms with Gasteiger partial charge >= 0.3 is 0 Å². The highest BCUT2D eigenvalue weighted by Crippen LogP contribution is 2.31. The summed E-state index contributed by atoms with van der Waals surface area (Å²) in [6, 6.07) is 4.00. The van der Waals surface area contributed by atoms with Gasteiger partial charge in [-0.25, -0.2) is 0 Å². The van der Waals surface area contributed by atoms with E-state index in [-0.39, 0.29) is 0 Å². The van der Waals surface area contributed by atoms with Gasteiger partial charge in [-0.2, -0.15) is 0 Å². The van der Waals surface area contributed by atoms with Crippen LogP contribution in [0.15, 0.2) is 18.3 Å². The molecule has 1 aliphatic rings. The van der Waals surface area contributed by atoms with Crippen molar-refractivity contribution in [1.82, 2.24) is 4.98 Å². The Morgan fingerprint density at radius 1 is 1.28 bits per heavy atom. The summed E-state index contributed by atoms with van der Waals surface area (Å²) in [4.78, 5) is 6.74. The van der Waals surface area contributed by atoms with Gasteiger partial charge in [-0.1, -0.05) is 13.8 Å². The van der Waals surface area contributed by atoms with Gasteiger partial charge < -0.3 is 10.0 Å². The van der Waals surface area contributed by atoms with Crippen LogP contribution in [0.25, 0.3) is 0 Å². The molecule has 0 amide bonds. The van der Waals surface area contributed by atoms with E-state index in [2.05, 4.69) is 29.8 Å². The molecule has 0 bridgehead atoms. The van der Waals surface area contributed by atoms with E-state index >= 15 is 0 Å². The number of hydrogen-bond donors (Lipinski definition) is 1. The van der Waals surface area contributed by atoms with Gasteiger partial charge in [0, 0.05) is 13.1 Å². The van der Waals surface area contributed by atoms with Crippen molar-refractivity contribution in [3.8, 4) is 0 Å². The predicted octanol–water partition coefficient (Wildman–Crippen LogP) is 3.15. The second kappa shape index (κ2) is 5.27. The Bertz CT molecular complexity index is 384. The number of rotatable bonds is 2. The van der Waals surface area contributed by atoms with Crippen molar-refractivity contribution in [2.75, 3.05) is 18.0 Å². The van der Waals surface area contributed by atoms with E-state index in [1.807, 2.05) is 12.3 Å². The molecule has 1 saturated heterocycles. The number of aromatic nitrogens is 1. The zero-order valence-electron chi connectivity index (χ0n) is 11.7. The molecule has 0 unspecified atom stereocenters. The predicted molar refractivity (Wildman–Crippen MR) is 74.7 cm³/mol. The average Bonchev–Trinajstić information content (AvgIpc) is 2.50. The monoisotopic (exact) mass is 248 g/mol. The van der Waals surface area contributed by atoms with Crippen molar-refractivity contribution >= 4 is 5.69 Å². The van der Waals surface area contributed by atoms with E-state index in [0.29, 0.717) is 5.41 Å².